The summed E-state index contributed by atoms with van der Waals surface area (Å²) in [4.78, 5) is 0. The Morgan fingerprint density at radius 3 is 2.81 bits per heavy atom. The molecular weight excluding hydrogens is 198 g/mol. The topological polar surface area (TPSA) is 27.9 Å². The molecule has 3 rings (SSSR count). The van der Waals surface area contributed by atoms with E-state index < -0.39 is 0 Å². The van der Waals surface area contributed by atoms with Crippen LogP contribution in [0.2, 0.25) is 0 Å². The predicted molar refractivity (Wildman–Crippen MR) is 65.4 cm³/mol. The third-order valence-electron chi connectivity index (χ3n) is 3.17. The normalized spacial score (nSPS) is 16.1. The molecule has 1 aliphatic heterocycles. The highest BCUT2D eigenvalue weighted by Crippen LogP contribution is 2.20. The van der Waals surface area contributed by atoms with Crippen LogP contribution >= 0.6 is 0 Å². The number of anilines is 1. The van der Waals surface area contributed by atoms with Crippen LogP contribution in [0.5, 0.6) is 0 Å². The number of hydrogen-bond acceptors (Lipinski definition) is 2. The molecule has 16 heavy (non-hydrogen) atoms. The summed E-state index contributed by atoms with van der Waals surface area (Å²) in [5.41, 5.74) is 0. The van der Waals surface area contributed by atoms with Gasteiger partial charge in [0.1, 0.15) is 6.04 Å². The first-order valence-electron chi connectivity index (χ1n) is 5.69. The molecule has 0 radical (unpaired) electrons. The standard InChI is InChI=1S/C13H15N3/c1-16-7-6-10-4-2-3-5-12(10)13(16)15-11-8-14-9-11/h2-7,11,14H,8-9H2,1H3/p+1. The van der Waals surface area contributed by atoms with Gasteiger partial charge in [-0.05, 0) is 17.5 Å². The molecule has 2 N–H and O–H groups in total. The molecule has 3 heteroatoms. The van der Waals surface area contributed by atoms with Crippen molar-refractivity contribution in [1.29, 1.82) is 0 Å². The minimum absolute atomic E-state index is 0.567. The van der Waals surface area contributed by atoms with Gasteiger partial charge >= 0.3 is 0 Å². The minimum Gasteiger partial charge on any atom is -0.308 e. The molecule has 0 amide bonds. The maximum atomic E-state index is 3.59. The number of benzene rings is 1. The molecular formula is C13H16N3+. The number of hydrogen-bond donors (Lipinski definition) is 2. The number of nitrogens with zero attached hydrogens (tertiary/aromatic N) is 1. The second-order valence-corrected chi connectivity index (χ2v) is 4.36. The van der Waals surface area contributed by atoms with Crippen molar-refractivity contribution in [1.82, 2.24) is 5.32 Å². The fraction of sp³-hybridized carbons (Fsp3) is 0.308. The Kier molecular flexibility index (Phi) is 2.26. The molecule has 1 aromatic heterocycles. The molecule has 1 saturated heterocycles. The van der Waals surface area contributed by atoms with Crippen molar-refractivity contribution in [3.8, 4) is 0 Å². The number of fused-ring (bicyclic) bond motifs is 1. The van der Waals surface area contributed by atoms with E-state index in [-0.39, 0.29) is 0 Å². The zero-order valence-corrected chi connectivity index (χ0v) is 9.40. The van der Waals surface area contributed by atoms with Crippen LogP contribution in [0.4, 0.5) is 5.82 Å². The predicted octanol–water partition coefficient (Wildman–Crippen LogP) is 1.05. The van der Waals surface area contributed by atoms with E-state index in [0.29, 0.717) is 6.04 Å². The van der Waals surface area contributed by atoms with Crippen LogP contribution in [0.3, 0.4) is 0 Å². The summed E-state index contributed by atoms with van der Waals surface area (Å²) in [6.07, 6.45) is 2.11. The highest BCUT2D eigenvalue weighted by Gasteiger charge is 2.23. The molecule has 0 bridgehead atoms. The van der Waals surface area contributed by atoms with Gasteiger partial charge in [0.05, 0.1) is 18.6 Å². The zero-order valence-electron chi connectivity index (χ0n) is 9.40. The smallest absolute Gasteiger partial charge is 0.282 e. The van der Waals surface area contributed by atoms with Crippen molar-refractivity contribution in [3.05, 3.63) is 36.5 Å². The maximum absolute atomic E-state index is 3.59. The molecule has 0 spiro atoms. The second kappa shape index (κ2) is 3.76. The van der Waals surface area contributed by atoms with Gasteiger partial charge in [0.25, 0.3) is 5.82 Å². The molecule has 0 saturated carbocycles. The lowest BCUT2D eigenvalue weighted by Gasteiger charge is -2.24. The number of aryl methyl sites for hydroxylation is 1. The third kappa shape index (κ3) is 1.53. The SMILES string of the molecule is C[n+]1ccc2ccccc2c1NC1CNC1. The lowest BCUT2D eigenvalue weighted by atomic mass is 10.1. The Balaban J connectivity index is 2.08. The highest BCUT2D eigenvalue weighted by atomic mass is 15.2. The van der Waals surface area contributed by atoms with E-state index in [4.69, 9.17) is 0 Å². The van der Waals surface area contributed by atoms with E-state index in [9.17, 15) is 0 Å². The molecule has 1 aliphatic rings. The van der Waals surface area contributed by atoms with Crippen molar-refractivity contribution < 1.29 is 4.57 Å². The van der Waals surface area contributed by atoms with E-state index in [1.165, 1.54) is 16.6 Å². The van der Waals surface area contributed by atoms with Gasteiger partial charge in [-0.25, -0.2) is 4.57 Å². The molecule has 2 aromatic rings. The van der Waals surface area contributed by atoms with Crippen LogP contribution in [-0.4, -0.2) is 19.1 Å². The average molecular weight is 214 g/mol. The molecule has 0 aliphatic carbocycles. The van der Waals surface area contributed by atoms with E-state index in [1.54, 1.807) is 0 Å². The number of nitrogens with one attached hydrogen (secondary N) is 2. The van der Waals surface area contributed by atoms with Gasteiger partial charge in [0.15, 0.2) is 0 Å². The van der Waals surface area contributed by atoms with E-state index >= 15 is 0 Å². The van der Waals surface area contributed by atoms with E-state index in [0.717, 1.165) is 13.1 Å². The average Bonchev–Trinajstić information content (AvgIpc) is 2.25. The quantitative estimate of drug-likeness (QED) is 0.731. The van der Waals surface area contributed by atoms with E-state index in [1.807, 2.05) is 0 Å². The fourth-order valence-electron chi connectivity index (χ4n) is 2.08. The third-order valence-corrected chi connectivity index (χ3v) is 3.17. The molecule has 3 nitrogen and oxygen atoms in total. The Bertz CT molecular complexity index is 518. The van der Waals surface area contributed by atoms with Crippen LogP contribution < -0.4 is 15.2 Å². The summed E-state index contributed by atoms with van der Waals surface area (Å²) in [6, 6.07) is 11.2. The van der Waals surface area contributed by atoms with E-state index in [2.05, 4.69) is 58.8 Å². The maximum Gasteiger partial charge on any atom is 0.282 e. The van der Waals surface area contributed by atoms with Gasteiger partial charge in [0.2, 0.25) is 0 Å². The van der Waals surface area contributed by atoms with Crippen molar-refractivity contribution >= 4 is 16.6 Å². The first-order chi connectivity index (χ1) is 7.84. The van der Waals surface area contributed by atoms with Gasteiger partial charge < -0.3 is 5.32 Å². The van der Waals surface area contributed by atoms with Crippen molar-refractivity contribution in [2.45, 2.75) is 6.04 Å². The van der Waals surface area contributed by atoms with Gasteiger partial charge in [-0.3, -0.25) is 5.32 Å². The molecule has 82 valence electrons. The first kappa shape index (κ1) is 9.60. The Morgan fingerprint density at radius 2 is 2.06 bits per heavy atom. The molecule has 1 aromatic carbocycles. The molecule has 1 fully saturated rings. The number of aromatic nitrogens is 1. The van der Waals surface area contributed by atoms with Gasteiger partial charge in [0, 0.05) is 13.1 Å². The Morgan fingerprint density at radius 1 is 1.25 bits per heavy atom. The Labute approximate surface area is 95.1 Å². The summed E-state index contributed by atoms with van der Waals surface area (Å²) in [6.45, 7) is 2.12. The fourth-order valence-corrected chi connectivity index (χ4v) is 2.08. The van der Waals surface area contributed by atoms with Gasteiger partial charge in [-0.2, -0.15) is 0 Å². The largest absolute Gasteiger partial charge is 0.308 e. The second-order valence-electron chi connectivity index (χ2n) is 4.36. The zero-order chi connectivity index (χ0) is 11.0. The summed E-state index contributed by atoms with van der Waals surface area (Å²) in [5, 5.41) is 9.45. The summed E-state index contributed by atoms with van der Waals surface area (Å²) >= 11 is 0. The summed E-state index contributed by atoms with van der Waals surface area (Å²) in [5.74, 6) is 1.21. The molecule has 2 heterocycles. The number of rotatable bonds is 2. The van der Waals surface area contributed by atoms with Crippen LogP contribution in [0, 0.1) is 0 Å². The number of pyridine rings is 1. The van der Waals surface area contributed by atoms with Gasteiger partial charge in [-0.15, -0.1) is 0 Å². The highest BCUT2D eigenvalue weighted by molar-refractivity contribution is 5.90. The van der Waals surface area contributed by atoms with Crippen LogP contribution in [0.1, 0.15) is 0 Å². The van der Waals surface area contributed by atoms with Crippen molar-refractivity contribution in [2.75, 3.05) is 18.4 Å². The minimum atomic E-state index is 0.567. The lowest BCUT2D eigenvalue weighted by Crippen LogP contribution is -2.53. The lowest BCUT2D eigenvalue weighted by molar-refractivity contribution is -0.656. The van der Waals surface area contributed by atoms with Gasteiger partial charge in [-0.1, -0.05) is 18.2 Å². The van der Waals surface area contributed by atoms with Crippen LogP contribution in [0.15, 0.2) is 36.5 Å². The van der Waals surface area contributed by atoms with Crippen molar-refractivity contribution in [3.63, 3.8) is 0 Å². The Hall–Kier alpha value is -1.61. The van der Waals surface area contributed by atoms with Crippen LogP contribution in [-0.2, 0) is 7.05 Å². The molecule has 0 atom stereocenters. The molecule has 0 unspecified atom stereocenters. The van der Waals surface area contributed by atoms with Crippen LogP contribution in [0.25, 0.3) is 10.8 Å². The first-order valence-corrected chi connectivity index (χ1v) is 5.69. The monoisotopic (exact) mass is 214 g/mol. The summed E-state index contributed by atoms with van der Waals surface area (Å²) < 4.78 is 2.15. The van der Waals surface area contributed by atoms with Crippen molar-refractivity contribution in [2.24, 2.45) is 7.05 Å². The summed E-state index contributed by atoms with van der Waals surface area (Å²) in [7, 11) is 2.08.